The monoisotopic (exact) mass is 202 g/mol. The van der Waals surface area contributed by atoms with Crippen molar-refractivity contribution in [1.82, 2.24) is 0 Å². The lowest BCUT2D eigenvalue weighted by Gasteiger charge is -2.06. The molecule has 2 nitrogen and oxygen atoms in total. The lowest BCUT2D eigenvalue weighted by atomic mass is 10.3. The van der Waals surface area contributed by atoms with E-state index >= 15 is 0 Å². The van der Waals surface area contributed by atoms with Crippen LogP contribution in [0.2, 0.25) is 5.02 Å². The van der Waals surface area contributed by atoms with Crippen molar-refractivity contribution in [2.75, 3.05) is 18.4 Å². The summed E-state index contributed by atoms with van der Waals surface area (Å²) in [4.78, 5) is 0. The van der Waals surface area contributed by atoms with Gasteiger partial charge >= 0.3 is 0 Å². The molecule has 0 fully saturated rings. The minimum Gasteiger partial charge on any atom is -0.384 e. The summed E-state index contributed by atoms with van der Waals surface area (Å²) in [5.74, 6) is -0.325. The maximum Gasteiger partial charge on any atom is 0.124 e. The van der Waals surface area contributed by atoms with Gasteiger partial charge in [-0.15, -0.1) is 0 Å². The highest BCUT2D eigenvalue weighted by Gasteiger charge is 1.99. The predicted octanol–water partition coefficient (Wildman–Crippen LogP) is 2.24. The maximum absolute atomic E-state index is 12.6. The summed E-state index contributed by atoms with van der Waals surface area (Å²) in [7, 11) is 0. The second-order valence-corrected chi connectivity index (χ2v) is 3.10. The molecule has 0 heterocycles. The van der Waals surface area contributed by atoms with Gasteiger partial charge in [-0.25, -0.2) is 4.39 Å². The molecule has 0 atom stereocenters. The fourth-order valence-electron chi connectivity index (χ4n) is 0.958. The van der Waals surface area contributed by atoms with Crippen molar-refractivity contribution >= 4 is 17.3 Å². The zero-order valence-electron chi connectivity index (χ0n) is 7.19. The van der Waals surface area contributed by atoms with Gasteiger partial charge in [-0.3, -0.25) is 0 Å². The van der Waals surface area contributed by atoms with Crippen LogP contribution < -0.4 is 11.1 Å². The Morgan fingerprint density at radius 2 is 2.23 bits per heavy atom. The highest BCUT2D eigenvalue weighted by Crippen LogP contribution is 2.21. The molecule has 0 aliphatic heterocycles. The highest BCUT2D eigenvalue weighted by molar-refractivity contribution is 6.33. The van der Waals surface area contributed by atoms with Crippen LogP contribution in [0.15, 0.2) is 18.2 Å². The van der Waals surface area contributed by atoms with Crippen LogP contribution in [0, 0.1) is 5.82 Å². The number of benzene rings is 1. The van der Waals surface area contributed by atoms with Gasteiger partial charge in [0.2, 0.25) is 0 Å². The molecule has 4 heteroatoms. The van der Waals surface area contributed by atoms with Gasteiger partial charge in [-0.05, 0) is 31.2 Å². The van der Waals surface area contributed by atoms with Crippen molar-refractivity contribution in [3.05, 3.63) is 29.0 Å². The van der Waals surface area contributed by atoms with Crippen molar-refractivity contribution in [2.24, 2.45) is 5.73 Å². The molecule has 0 bridgehead atoms. The number of nitrogens with two attached hydrogens (primary N) is 1. The zero-order chi connectivity index (χ0) is 9.68. The van der Waals surface area contributed by atoms with E-state index in [0.29, 0.717) is 11.6 Å². The van der Waals surface area contributed by atoms with E-state index in [1.54, 1.807) is 6.07 Å². The van der Waals surface area contributed by atoms with Crippen LogP contribution in [0.4, 0.5) is 10.1 Å². The molecule has 1 aromatic carbocycles. The fraction of sp³-hybridized carbons (Fsp3) is 0.333. The summed E-state index contributed by atoms with van der Waals surface area (Å²) in [6.07, 6.45) is 0.869. The molecule has 0 aliphatic carbocycles. The second kappa shape index (κ2) is 5.04. The third kappa shape index (κ3) is 3.20. The Bertz CT molecular complexity index is 278. The lowest BCUT2D eigenvalue weighted by Crippen LogP contribution is -2.08. The van der Waals surface area contributed by atoms with E-state index in [-0.39, 0.29) is 5.82 Å². The molecule has 0 radical (unpaired) electrons. The Hall–Kier alpha value is -0.800. The van der Waals surface area contributed by atoms with Crippen LogP contribution in [-0.2, 0) is 0 Å². The summed E-state index contributed by atoms with van der Waals surface area (Å²) in [6.45, 7) is 1.38. The minimum absolute atomic E-state index is 0.325. The smallest absolute Gasteiger partial charge is 0.124 e. The van der Waals surface area contributed by atoms with Crippen molar-refractivity contribution < 1.29 is 4.39 Å². The Balaban J connectivity index is 2.56. The molecule has 1 rings (SSSR count). The number of anilines is 1. The number of halogens is 2. The molecule has 1 aromatic rings. The van der Waals surface area contributed by atoms with Gasteiger partial charge in [-0.1, -0.05) is 11.6 Å². The molecule has 72 valence electrons. The quantitative estimate of drug-likeness (QED) is 0.735. The van der Waals surface area contributed by atoms with Crippen molar-refractivity contribution in [3.8, 4) is 0 Å². The summed E-state index contributed by atoms with van der Waals surface area (Å²) in [5.41, 5.74) is 6.07. The summed E-state index contributed by atoms with van der Waals surface area (Å²) in [5, 5.41) is 3.46. The van der Waals surface area contributed by atoms with Gasteiger partial charge in [0.15, 0.2) is 0 Å². The van der Waals surface area contributed by atoms with Crippen molar-refractivity contribution in [1.29, 1.82) is 0 Å². The van der Waals surface area contributed by atoms with Gasteiger partial charge in [0.1, 0.15) is 5.82 Å². The van der Waals surface area contributed by atoms with Crippen molar-refractivity contribution in [3.63, 3.8) is 0 Å². The summed E-state index contributed by atoms with van der Waals surface area (Å²) in [6, 6.07) is 4.27. The van der Waals surface area contributed by atoms with E-state index in [1.807, 2.05) is 0 Å². The molecule has 3 N–H and O–H groups in total. The predicted molar refractivity (Wildman–Crippen MR) is 53.6 cm³/mol. The lowest BCUT2D eigenvalue weighted by molar-refractivity contribution is 0.628. The van der Waals surface area contributed by atoms with Crippen LogP contribution in [0.5, 0.6) is 0 Å². The third-order valence-corrected chi connectivity index (χ3v) is 1.94. The molecule has 0 aromatic heterocycles. The Labute approximate surface area is 81.9 Å². The normalized spacial score (nSPS) is 10.1. The molecule has 0 unspecified atom stereocenters. The first-order valence-electron chi connectivity index (χ1n) is 4.13. The van der Waals surface area contributed by atoms with E-state index in [2.05, 4.69) is 5.32 Å². The molecule has 0 spiro atoms. The molecular formula is C9H12ClFN2. The first kappa shape index (κ1) is 10.3. The largest absolute Gasteiger partial charge is 0.384 e. The summed E-state index contributed by atoms with van der Waals surface area (Å²) < 4.78 is 12.6. The number of rotatable bonds is 4. The fourth-order valence-corrected chi connectivity index (χ4v) is 1.19. The average Bonchev–Trinajstić information content (AvgIpc) is 2.09. The summed E-state index contributed by atoms with van der Waals surface area (Å²) >= 11 is 5.77. The standard InChI is InChI=1S/C9H12ClFN2/c10-8-6-7(11)2-3-9(8)13-5-1-4-12/h2-3,6,13H,1,4-5,12H2. The van der Waals surface area contributed by atoms with Gasteiger partial charge in [0.05, 0.1) is 10.7 Å². The van der Waals surface area contributed by atoms with E-state index < -0.39 is 0 Å². The van der Waals surface area contributed by atoms with Gasteiger partial charge < -0.3 is 11.1 Å². The first-order chi connectivity index (χ1) is 6.24. The molecule has 0 saturated heterocycles. The van der Waals surface area contributed by atoms with Crippen LogP contribution >= 0.6 is 11.6 Å². The first-order valence-corrected chi connectivity index (χ1v) is 4.51. The highest BCUT2D eigenvalue weighted by atomic mass is 35.5. The van der Waals surface area contributed by atoms with Gasteiger partial charge in [0.25, 0.3) is 0 Å². The van der Waals surface area contributed by atoms with Crippen LogP contribution in [0.3, 0.4) is 0 Å². The topological polar surface area (TPSA) is 38.0 Å². The number of nitrogens with one attached hydrogen (secondary N) is 1. The van der Waals surface area contributed by atoms with Crippen LogP contribution in [0.25, 0.3) is 0 Å². The van der Waals surface area contributed by atoms with E-state index in [1.165, 1.54) is 12.1 Å². The molecule has 0 amide bonds. The molecule has 0 aliphatic rings. The van der Waals surface area contributed by atoms with Gasteiger partial charge in [0, 0.05) is 6.54 Å². The van der Waals surface area contributed by atoms with Crippen molar-refractivity contribution in [2.45, 2.75) is 6.42 Å². The number of hydrogen-bond acceptors (Lipinski definition) is 2. The Kier molecular flexibility index (Phi) is 3.99. The maximum atomic E-state index is 12.6. The minimum atomic E-state index is -0.325. The molecule has 13 heavy (non-hydrogen) atoms. The average molecular weight is 203 g/mol. The molecule has 0 saturated carbocycles. The molecular weight excluding hydrogens is 191 g/mol. The zero-order valence-corrected chi connectivity index (χ0v) is 7.94. The van der Waals surface area contributed by atoms with E-state index in [4.69, 9.17) is 17.3 Å². The second-order valence-electron chi connectivity index (χ2n) is 2.69. The van der Waals surface area contributed by atoms with Crippen LogP contribution in [-0.4, -0.2) is 13.1 Å². The van der Waals surface area contributed by atoms with E-state index in [9.17, 15) is 4.39 Å². The Morgan fingerprint density at radius 1 is 1.46 bits per heavy atom. The SMILES string of the molecule is NCCCNc1ccc(F)cc1Cl. The van der Waals surface area contributed by atoms with E-state index in [0.717, 1.165) is 18.7 Å². The third-order valence-electron chi connectivity index (χ3n) is 1.63. The van der Waals surface area contributed by atoms with Crippen LogP contribution in [0.1, 0.15) is 6.42 Å². The number of hydrogen-bond donors (Lipinski definition) is 2. The van der Waals surface area contributed by atoms with Gasteiger partial charge in [-0.2, -0.15) is 0 Å². The Morgan fingerprint density at radius 3 is 2.85 bits per heavy atom.